The Labute approximate surface area is 100 Å². The molecule has 1 aromatic carbocycles. The molecule has 2 aromatic rings. The molecule has 2 N–H and O–H groups in total. The molecule has 1 aromatic heterocycles. The van der Waals surface area contributed by atoms with E-state index in [2.05, 4.69) is 16.8 Å². The van der Waals surface area contributed by atoms with Gasteiger partial charge in [-0.05, 0) is 30.9 Å². The van der Waals surface area contributed by atoms with Crippen molar-refractivity contribution in [2.75, 3.05) is 23.7 Å². The van der Waals surface area contributed by atoms with Gasteiger partial charge in [-0.1, -0.05) is 6.92 Å². The van der Waals surface area contributed by atoms with Crippen molar-refractivity contribution < 1.29 is 4.42 Å². The zero-order valence-corrected chi connectivity index (χ0v) is 10.0. The van der Waals surface area contributed by atoms with Crippen LogP contribution in [0.25, 0.3) is 11.1 Å². The molecular weight excluding hydrogens is 214 g/mol. The van der Waals surface area contributed by atoms with Gasteiger partial charge in [0.15, 0.2) is 5.58 Å². The van der Waals surface area contributed by atoms with E-state index in [1.54, 1.807) is 0 Å². The molecule has 0 spiro atoms. The van der Waals surface area contributed by atoms with Crippen LogP contribution in [0, 0.1) is 5.92 Å². The number of piperidine rings is 1. The maximum Gasteiger partial charge on any atom is 0.298 e. The average molecular weight is 231 g/mol. The summed E-state index contributed by atoms with van der Waals surface area (Å²) in [5.74, 6) is 0.712. The maximum atomic E-state index is 5.77. The number of benzene rings is 1. The summed E-state index contributed by atoms with van der Waals surface area (Å²) < 4.78 is 5.77. The zero-order valence-electron chi connectivity index (χ0n) is 10.0. The van der Waals surface area contributed by atoms with Gasteiger partial charge < -0.3 is 15.1 Å². The predicted molar refractivity (Wildman–Crippen MR) is 69.0 cm³/mol. The Morgan fingerprint density at radius 2 is 2.35 bits per heavy atom. The van der Waals surface area contributed by atoms with Crippen molar-refractivity contribution in [3.8, 4) is 0 Å². The van der Waals surface area contributed by atoms with Crippen LogP contribution < -0.4 is 10.6 Å². The first-order chi connectivity index (χ1) is 8.22. The molecule has 1 fully saturated rings. The summed E-state index contributed by atoms with van der Waals surface area (Å²) in [4.78, 5) is 6.74. The van der Waals surface area contributed by atoms with Crippen LogP contribution in [0.3, 0.4) is 0 Å². The van der Waals surface area contributed by atoms with Crippen molar-refractivity contribution in [2.45, 2.75) is 19.8 Å². The lowest BCUT2D eigenvalue weighted by molar-refractivity contribution is 0.421. The highest BCUT2D eigenvalue weighted by atomic mass is 16.4. The van der Waals surface area contributed by atoms with Gasteiger partial charge in [-0.15, -0.1) is 0 Å². The standard InChI is InChI=1S/C13H17N3O/c1-9-3-2-6-16(8-9)13-15-11-5-4-10(14)7-12(11)17-13/h4-5,7,9H,2-3,6,8,14H2,1H3/t9-/m0/s1. The third-order valence-electron chi connectivity index (χ3n) is 3.33. The number of hydrogen-bond donors (Lipinski definition) is 1. The molecule has 0 bridgehead atoms. The number of anilines is 2. The fourth-order valence-electron chi connectivity index (χ4n) is 2.43. The summed E-state index contributed by atoms with van der Waals surface area (Å²) in [6, 6.07) is 6.33. The summed E-state index contributed by atoms with van der Waals surface area (Å²) in [5, 5.41) is 0. The molecule has 90 valence electrons. The lowest BCUT2D eigenvalue weighted by atomic mass is 10.0. The van der Waals surface area contributed by atoms with Crippen LogP contribution >= 0.6 is 0 Å². The number of nitrogen functional groups attached to an aromatic ring is 1. The third kappa shape index (κ3) is 1.95. The third-order valence-corrected chi connectivity index (χ3v) is 3.33. The Balaban J connectivity index is 1.94. The van der Waals surface area contributed by atoms with E-state index in [0.29, 0.717) is 11.6 Å². The molecule has 0 saturated carbocycles. The van der Waals surface area contributed by atoms with Crippen LogP contribution in [0.1, 0.15) is 19.8 Å². The first-order valence-corrected chi connectivity index (χ1v) is 6.13. The molecule has 2 heterocycles. The minimum absolute atomic E-state index is 0.712. The normalized spacial score (nSPS) is 21.0. The van der Waals surface area contributed by atoms with E-state index in [9.17, 15) is 0 Å². The minimum atomic E-state index is 0.712. The van der Waals surface area contributed by atoms with Crippen molar-refractivity contribution in [3.63, 3.8) is 0 Å². The van der Waals surface area contributed by atoms with Gasteiger partial charge in [-0.3, -0.25) is 0 Å². The fraction of sp³-hybridized carbons (Fsp3) is 0.462. The number of aromatic nitrogens is 1. The molecule has 1 aliphatic heterocycles. The molecule has 1 saturated heterocycles. The Hall–Kier alpha value is -1.71. The van der Waals surface area contributed by atoms with Crippen molar-refractivity contribution in [1.82, 2.24) is 4.98 Å². The summed E-state index contributed by atoms with van der Waals surface area (Å²) in [6.07, 6.45) is 2.51. The van der Waals surface area contributed by atoms with Crippen LogP contribution in [0.5, 0.6) is 0 Å². The fourth-order valence-corrected chi connectivity index (χ4v) is 2.43. The van der Waals surface area contributed by atoms with Crippen LogP contribution in [-0.2, 0) is 0 Å². The SMILES string of the molecule is C[C@H]1CCCN(c2nc3ccc(N)cc3o2)C1. The highest BCUT2D eigenvalue weighted by molar-refractivity contribution is 5.78. The van der Waals surface area contributed by atoms with E-state index in [1.807, 2.05) is 18.2 Å². The average Bonchev–Trinajstić information content (AvgIpc) is 2.72. The summed E-state index contributed by atoms with van der Waals surface area (Å²) >= 11 is 0. The molecule has 4 heteroatoms. The van der Waals surface area contributed by atoms with Crippen molar-refractivity contribution in [2.24, 2.45) is 5.92 Å². The second-order valence-corrected chi connectivity index (χ2v) is 4.92. The highest BCUT2D eigenvalue weighted by Gasteiger charge is 2.20. The van der Waals surface area contributed by atoms with Crippen LogP contribution in [0.15, 0.2) is 22.6 Å². The number of rotatable bonds is 1. The second-order valence-electron chi connectivity index (χ2n) is 4.92. The highest BCUT2D eigenvalue weighted by Crippen LogP contribution is 2.27. The van der Waals surface area contributed by atoms with Crippen molar-refractivity contribution >= 4 is 22.8 Å². The number of oxazole rings is 1. The Morgan fingerprint density at radius 3 is 3.18 bits per heavy atom. The Morgan fingerprint density at radius 1 is 1.47 bits per heavy atom. The number of hydrogen-bond acceptors (Lipinski definition) is 4. The largest absolute Gasteiger partial charge is 0.423 e. The molecule has 3 rings (SSSR count). The van der Waals surface area contributed by atoms with Gasteiger partial charge in [0.1, 0.15) is 5.52 Å². The predicted octanol–water partition coefficient (Wildman–Crippen LogP) is 2.65. The first-order valence-electron chi connectivity index (χ1n) is 6.13. The van der Waals surface area contributed by atoms with Crippen molar-refractivity contribution in [3.05, 3.63) is 18.2 Å². The summed E-state index contributed by atoms with van der Waals surface area (Å²) in [5.41, 5.74) is 8.11. The lowest BCUT2D eigenvalue weighted by Crippen LogP contribution is -2.34. The van der Waals surface area contributed by atoms with Gasteiger partial charge in [0.25, 0.3) is 6.01 Å². The molecule has 0 aliphatic carbocycles. The van der Waals surface area contributed by atoms with E-state index in [-0.39, 0.29) is 0 Å². The summed E-state index contributed by atoms with van der Waals surface area (Å²) in [6.45, 7) is 4.34. The van der Waals surface area contributed by atoms with Gasteiger partial charge in [-0.25, -0.2) is 0 Å². The molecule has 17 heavy (non-hydrogen) atoms. The van der Waals surface area contributed by atoms with Gasteiger partial charge in [0, 0.05) is 24.8 Å². The number of nitrogens with two attached hydrogens (primary N) is 1. The molecule has 4 nitrogen and oxygen atoms in total. The molecule has 0 unspecified atom stereocenters. The van der Waals surface area contributed by atoms with Crippen LogP contribution in [0.4, 0.5) is 11.7 Å². The molecule has 1 atom stereocenters. The van der Waals surface area contributed by atoms with E-state index in [0.717, 1.165) is 30.2 Å². The zero-order chi connectivity index (χ0) is 11.8. The van der Waals surface area contributed by atoms with E-state index >= 15 is 0 Å². The number of nitrogens with zero attached hydrogens (tertiary/aromatic N) is 2. The maximum absolute atomic E-state index is 5.77. The minimum Gasteiger partial charge on any atom is -0.423 e. The van der Waals surface area contributed by atoms with Crippen LogP contribution in [0.2, 0.25) is 0 Å². The van der Waals surface area contributed by atoms with Crippen molar-refractivity contribution in [1.29, 1.82) is 0 Å². The Kier molecular flexibility index (Phi) is 2.42. The van der Waals surface area contributed by atoms with Gasteiger partial charge >= 0.3 is 0 Å². The van der Waals surface area contributed by atoms with E-state index in [4.69, 9.17) is 10.2 Å². The number of fused-ring (bicyclic) bond motifs is 1. The summed E-state index contributed by atoms with van der Waals surface area (Å²) in [7, 11) is 0. The molecular formula is C13H17N3O. The smallest absolute Gasteiger partial charge is 0.298 e. The molecule has 0 amide bonds. The van der Waals surface area contributed by atoms with E-state index in [1.165, 1.54) is 12.8 Å². The monoisotopic (exact) mass is 231 g/mol. The first kappa shape index (κ1) is 10.4. The topological polar surface area (TPSA) is 55.3 Å². The lowest BCUT2D eigenvalue weighted by Gasteiger charge is -2.29. The van der Waals surface area contributed by atoms with Crippen LogP contribution in [-0.4, -0.2) is 18.1 Å². The second kappa shape index (κ2) is 3.95. The Bertz CT molecular complexity index is 534. The van der Waals surface area contributed by atoms with Gasteiger partial charge in [0.2, 0.25) is 0 Å². The molecule has 0 radical (unpaired) electrons. The quantitative estimate of drug-likeness (QED) is 0.766. The van der Waals surface area contributed by atoms with Gasteiger partial charge in [-0.2, -0.15) is 4.98 Å². The van der Waals surface area contributed by atoms with Gasteiger partial charge in [0.05, 0.1) is 0 Å². The molecule has 1 aliphatic rings. The van der Waals surface area contributed by atoms with E-state index < -0.39 is 0 Å².